The van der Waals surface area contributed by atoms with Crippen molar-refractivity contribution in [3.05, 3.63) is 65.7 Å². The Morgan fingerprint density at radius 2 is 1.36 bits per heavy atom. The van der Waals surface area contributed by atoms with Gasteiger partial charge in [0.2, 0.25) is 65.0 Å². The smallest absolute Gasteiger partial charge is 0.246 e. The number of amides is 11. The number of hydrogen-bond donors (Lipinski definition) is 12. The van der Waals surface area contributed by atoms with E-state index < -0.39 is 133 Å². The zero-order chi connectivity index (χ0) is 55.0. The molecule has 28 heteroatoms. The molecule has 2 aliphatic rings. The first kappa shape index (κ1) is 59.9. The Balaban J connectivity index is 1.69. The van der Waals surface area contributed by atoms with Crippen LogP contribution in [0.25, 0.3) is 0 Å². The molecule has 0 spiro atoms. The number of hydrogen-bond acceptors (Lipinski definition) is 15. The number of rotatable bonds is 20. The molecule has 2 heterocycles. The molecule has 4 rings (SSSR count). The van der Waals surface area contributed by atoms with Crippen molar-refractivity contribution in [1.29, 1.82) is 0 Å². The van der Waals surface area contributed by atoms with Gasteiger partial charge in [0, 0.05) is 50.3 Å². The molecule has 26 nitrogen and oxygen atoms in total. The minimum atomic E-state index is -1.76. The maximum absolute atomic E-state index is 14.6. The molecule has 0 bridgehead atoms. The van der Waals surface area contributed by atoms with E-state index in [1.807, 2.05) is 0 Å². The topological polar surface area (TPSA) is 427 Å². The SMILES string of the molecule is COc1ccc(C[C@H]2NC(=O)CCSSC[C@@H](C(=O)N3CCC[C@@H]3C(=O)N[C@H](CCCN=C(N)N)C(=O)NCC(N)=O)NC(=O)[C@H](CC(N)=O)NC(=O)[C@@H](CCC(N)=O)NC(=O)[C@H](Cc3ccccc3)NC2=O)cc1. The van der Waals surface area contributed by atoms with Gasteiger partial charge in [0.15, 0.2) is 5.96 Å². The van der Waals surface area contributed by atoms with Crippen molar-refractivity contribution in [3.8, 4) is 5.75 Å². The molecule has 2 saturated heterocycles. The number of primary amides is 3. The molecular formula is C47H66N14O12S2. The van der Waals surface area contributed by atoms with Crippen molar-refractivity contribution in [2.75, 3.05) is 38.2 Å². The number of carbonyl (C=O) groups excluding carboxylic acids is 11. The summed E-state index contributed by atoms with van der Waals surface area (Å²) in [4.78, 5) is 153. The Morgan fingerprint density at radius 3 is 1.99 bits per heavy atom. The Bertz CT molecular complexity index is 2400. The second-order valence-electron chi connectivity index (χ2n) is 17.5. The van der Waals surface area contributed by atoms with Gasteiger partial charge in [0.1, 0.15) is 48.0 Å². The van der Waals surface area contributed by atoms with Gasteiger partial charge in [-0.15, -0.1) is 0 Å². The Hall–Kier alpha value is -7.62. The molecule has 2 aliphatic heterocycles. The van der Waals surface area contributed by atoms with E-state index in [1.54, 1.807) is 54.6 Å². The first-order valence-electron chi connectivity index (χ1n) is 24.0. The summed E-state index contributed by atoms with van der Waals surface area (Å²) < 4.78 is 5.27. The Kier molecular flexibility index (Phi) is 24.4. The lowest BCUT2D eigenvalue weighted by atomic mass is 10.0. The van der Waals surface area contributed by atoms with E-state index in [1.165, 1.54) is 12.0 Å². The largest absolute Gasteiger partial charge is 0.497 e. The van der Waals surface area contributed by atoms with Gasteiger partial charge in [-0.1, -0.05) is 64.1 Å². The molecule has 2 fully saturated rings. The summed E-state index contributed by atoms with van der Waals surface area (Å²) in [5.41, 5.74) is 28.3. The van der Waals surface area contributed by atoms with Crippen molar-refractivity contribution in [3.63, 3.8) is 0 Å². The molecule has 11 amide bonds. The summed E-state index contributed by atoms with van der Waals surface area (Å²) in [6.07, 6.45) is -1.19. The summed E-state index contributed by atoms with van der Waals surface area (Å²) in [7, 11) is 3.71. The fourth-order valence-corrected chi connectivity index (χ4v) is 10.1. The van der Waals surface area contributed by atoms with Crippen LogP contribution in [0.15, 0.2) is 59.6 Å². The maximum atomic E-state index is 14.6. The highest BCUT2D eigenvalue weighted by Crippen LogP contribution is 2.26. The predicted octanol–water partition coefficient (Wildman–Crippen LogP) is -4.04. The maximum Gasteiger partial charge on any atom is 0.246 e. The normalized spacial score (nSPS) is 21.6. The van der Waals surface area contributed by atoms with Crippen LogP contribution in [0.1, 0.15) is 62.5 Å². The fourth-order valence-electron chi connectivity index (χ4n) is 7.91. The lowest BCUT2D eigenvalue weighted by Crippen LogP contribution is -2.61. The van der Waals surface area contributed by atoms with E-state index >= 15 is 0 Å². The lowest BCUT2D eigenvalue weighted by molar-refractivity contribution is -0.142. The molecule has 17 N–H and O–H groups in total. The van der Waals surface area contributed by atoms with Crippen LogP contribution < -0.4 is 70.6 Å². The summed E-state index contributed by atoms with van der Waals surface area (Å²) in [5.74, 6) is -9.00. The number of nitrogens with zero attached hydrogens (tertiary/aromatic N) is 2. The molecule has 408 valence electrons. The number of methoxy groups -OCH3 is 1. The van der Waals surface area contributed by atoms with Gasteiger partial charge >= 0.3 is 0 Å². The molecule has 0 unspecified atom stereocenters. The first-order chi connectivity index (χ1) is 35.7. The van der Waals surface area contributed by atoms with Crippen molar-refractivity contribution in [2.45, 2.75) is 107 Å². The van der Waals surface area contributed by atoms with Crippen LogP contribution >= 0.6 is 21.6 Å². The molecule has 0 saturated carbocycles. The molecule has 2 aromatic rings. The summed E-state index contributed by atoms with van der Waals surface area (Å²) in [5, 5.41) is 18.0. The molecule has 0 radical (unpaired) electrons. The average Bonchev–Trinajstić information content (AvgIpc) is 3.87. The highest BCUT2D eigenvalue weighted by atomic mass is 33.1. The first-order valence-corrected chi connectivity index (χ1v) is 26.4. The van der Waals surface area contributed by atoms with Crippen LogP contribution in [0, 0.1) is 0 Å². The van der Waals surface area contributed by atoms with E-state index in [-0.39, 0.29) is 69.1 Å². The Morgan fingerprint density at radius 1 is 0.747 bits per heavy atom. The van der Waals surface area contributed by atoms with Crippen LogP contribution in [-0.4, -0.2) is 156 Å². The molecule has 0 aliphatic carbocycles. The van der Waals surface area contributed by atoms with Crippen LogP contribution in [0.3, 0.4) is 0 Å². The minimum Gasteiger partial charge on any atom is -0.497 e. The number of nitrogens with one attached hydrogen (secondary N) is 7. The summed E-state index contributed by atoms with van der Waals surface area (Å²) in [6.45, 7) is -0.388. The standard InChI is InChI=1S/C47H66N14O12S2/c1-73-28-13-11-27(12-14-28)22-31-42(68)58-32(21-26-7-3-2-4-8-26)43(69)56-30(15-16-36(48)62)41(67)59-33(23-37(49)63)44(70)60-34(25-75-74-20-17-39(65)55-31)46(72)61-19-6-10-35(61)45(71)57-29(9-5-18-53-47(51)52)40(66)54-24-38(50)64/h2-4,7-8,11-14,29-35H,5-6,9-10,15-25H2,1H3,(H2,48,62)(H2,49,63)(H2,50,64)(H,54,66)(H,55,65)(H,56,69)(H,57,71)(H,58,68)(H,59,67)(H,60,70)(H4,51,52,53)/t29-,30-,31-,32+,33+,34+,35-/m1/s1. The predicted molar refractivity (Wildman–Crippen MR) is 277 cm³/mol. The highest BCUT2D eigenvalue weighted by molar-refractivity contribution is 8.76. The number of benzene rings is 2. The van der Waals surface area contributed by atoms with E-state index in [2.05, 4.69) is 42.2 Å². The fraction of sp³-hybridized carbons (Fsp3) is 0.489. The molecular weight excluding hydrogens is 1020 g/mol. The van der Waals surface area contributed by atoms with Crippen molar-refractivity contribution in [1.82, 2.24) is 42.1 Å². The van der Waals surface area contributed by atoms with Gasteiger partial charge in [-0.3, -0.25) is 57.7 Å². The number of likely N-dealkylation sites (tertiary alicyclic amines) is 1. The average molecular weight is 1080 g/mol. The monoisotopic (exact) mass is 1080 g/mol. The van der Waals surface area contributed by atoms with Crippen LogP contribution in [0.4, 0.5) is 0 Å². The van der Waals surface area contributed by atoms with E-state index in [9.17, 15) is 52.7 Å². The van der Waals surface area contributed by atoms with Gasteiger partial charge in [0.25, 0.3) is 0 Å². The third-order valence-electron chi connectivity index (χ3n) is 11.7. The third kappa shape index (κ3) is 20.7. The van der Waals surface area contributed by atoms with E-state index in [4.69, 9.17) is 33.4 Å². The minimum absolute atomic E-state index is 0.0170. The summed E-state index contributed by atoms with van der Waals surface area (Å²) in [6, 6.07) is 5.55. The van der Waals surface area contributed by atoms with E-state index in [0.29, 0.717) is 23.3 Å². The van der Waals surface area contributed by atoms with Crippen molar-refractivity contribution < 1.29 is 57.5 Å². The second kappa shape index (κ2) is 30.5. The lowest BCUT2D eigenvalue weighted by Gasteiger charge is -2.31. The molecule has 0 aromatic heterocycles. The van der Waals surface area contributed by atoms with Gasteiger partial charge in [-0.05, 0) is 55.4 Å². The van der Waals surface area contributed by atoms with E-state index in [0.717, 1.165) is 21.6 Å². The van der Waals surface area contributed by atoms with Crippen LogP contribution in [0.5, 0.6) is 5.75 Å². The quantitative estimate of drug-likeness (QED) is 0.0260. The number of nitrogens with two attached hydrogens (primary N) is 5. The van der Waals surface area contributed by atoms with Crippen molar-refractivity contribution in [2.24, 2.45) is 33.7 Å². The third-order valence-corrected chi connectivity index (χ3v) is 14.1. The second-order valence-corrected chi connectivity index (χ2v) is 20.1. The highest BCUT2D eigenvalue weighted by Gasteiger charge is 2.40. The number of carbonyl (C=O) groups is 11. The number of ether oxygens (including phenoxy) is 1. The molecule has 7 atom stereocenters. The van der Waals surface area contributed by atoms with Crippen molar-refractivity contribution >= 4 is 92.5 Å². The number of guanidine groups is 1. The van der Waals surface area contributed by atoms with Gasteiger partial charge in [-0.2, -0.15) is 0 Å². The van der Waals surface area contributed by atoms with Crippen LogP contribution in [0.2, 0.25) is 0 Å². The van der Waals surface area contributed by atoms with Gasteiger partial charge in [-0.25, -0.2) is 0 Å². The molecule has 75 heavy (non-hydrogen) atoms. The number of aliphatic imine (C=N–C) groups is 1. The Labute approximate surface area is 440 Å². The van der Waals surface area contributed by atoms with Gasteiger partial charge in [0.05, 0.1) is 20.1 Å². The zero-order valence-electron chi connectivity index (χ0n) is 41.3. The van der Waals surface area contributed by atoms with Crippen LogP contribution in [-0.2, 0) is 65.6 Å². The summed E-state index contributed by atoms with van der Waals surface area (Å²) >= 11 is 0. The molecule has 2 aromatic carbocycles. The van der Waals surface area contributed by atoms with Gasteiger partial charge < -0.3 is 75.5 Å². The zero-order valence-corrected chi connectivity index (χ0v) is 43.0.